The second-order valence-electron chi connectivity index (χ2n) is 6.23. The Bertz CT molecular complexity index is 906. The van der Waals surface area contributed by atoms with Gasteiger partial charge in [-0.05, 0) is 61.5 Å². The predicted molar refractivity (Wildman–Crippen MR) is 113 cm³/mol. The number of amides is 2. The monoisotopic (exact) mass is 418 g/mol. The van der Waals surface area contributed by atoms with Crippen LogP contribution in [0.2, 0.25) is 5.02 Å². The first kappa shape index (κ1) is 20.4. The third-order valence-electron chi connectivity index (χ3n) is 4.57. The van der Waals surface area contributed by atoms with Crippen LogP contribution in [-0.2, 0) is 11.3 Å². The zero-order valence-corrected chi connectivity index (χ0v) is 17.2. The maximum absolute atomic E-state index is 14.0. The molecule has 1 fully saturated rings. The Balaban J connectivity index is 1.79. The van der Waals surface area contributed by atoms with Crippen LogP contribution in [0.3, 0.4) is 0 Å². The van der Waals surface area contributed by atoms with E-state index in [1.54, 1.807) is 6.08 Å². The van der Waals surface area contributed by atoms with E-state index < -0.39 is 17.0 Å². The lowest BCUT2D eigenvalue weighted by Gasteiger charge is -2.20. The molecule has 1 aliphatic heterocycles. The molecule has 0 atom stereocenters. The molecule has 2 amide bonds. The number of carbonyl (C=O) groups is 2. The van der Waals surface area contributed by atoms with Crippen molar-refractivity contribution in [2.24, 2.45) is 0 Å². The van der Waals surface area contributed by atoms with Gasteiger partial charge in [-0.3, -0.25) is 14.5 Å². The summed E-state index contributed by atoms with van der Waals surface area (Å²) in [5.41, 5.74) is 2.06. The van der Waals surface area contributed by atoms with Gasteiger partial charge >= 0.3 is 0 Å². The predicted octanol–water partition coefficient (Wildman–Crippen LogP) is 5.56. The van der Waals surface area contributed by atoms with E-state index >= 15 is 0 Å². The van der Waals surface area contributed by atoms with E-state index in [0.29, 0.717) is 4.91 Å². The standard InChI is InChI=1S/C21H20ClFN2O2S/c1-3-24(4-2)15-10-8-14(9-11-15)12-19-20(26)25(21(27)28-19)13-16-17(22)6-5-7-18(16)23/h5-12H,3-4,13H2,1-2H3/b19-12-. The van der Waals surface area contributed by atoms with E-state index in [1.807, 2.05) is 24.3 Å². The number of benzene rings is 2. The highest BCUT2D eigenvalue weighted by atomic mass is 35.5. The van der Waals surface area contributed by atoms with Gasteiger partial charge in [0.2, 0.25) is 0 Å². The highest BCUT2D eigenvalue weighted by molar-refractivity contribution is 8.18. The highest BCUT2D eigenvalue weighted by Crippen LogP contribution is 2.34. The van der Waals surface area contributed by atoms with Crippen LogP contribution in [0.4, 0.5) is 14.9 Å². The SMILES string of the molecule is CCN(CC)c1ccc(/C=C2\SC(=O)N(Cc3c(F)cccc3Cl)C2=O)cc1. The molecule has 0 N–H and O–H groups in total. The summed E-state index contributed by atoms with van der Waals surface area (Å²) < 4.78 is 14.0. The van der Waals surface area contributed by atoms with Crippen molar-refractivity contribution in [1.82, 2.24) is 4.90 Å². The number of hydrogen-bond donors (Lipinski definition) is 0. The molecule has 1 heterocycles. The number of halogens is 2. The van der Waals surface area contributed by atoms with Gasteiger partial charge in [-0.25, -0.2) is 4.39 Å². The number of nitrogens with zero attached hydrogens (tertiary/aromatic N) is 2. The van der Waals surface area contributed by atoms with E-state index in [2.05, 4.69) is 18.7 Å². The number of imide groups is 1. The molecule has 0 saturated carbocycles. The van der Waals surface area contributed by atoms with Crippen LogP contribution in [0.25, 0.3) is 6.08 Å². The minimum absolute atomic E-state index is 0.135. The Hall–Kier alpha value is -2.31. The summed E-state index contributed by atoms with van der Waals surface area (Å²) in [7, 11) is 0. The maximum Gasteiger partial charge on any atom is 0.293 e. The Kier molecular flexibility index (Phi) is 6.42. The first-order valence-electron chi connectivity index (χ1n) is 8.97. The molecule has 28 heavy (non-hydrogen) atoms. The Morgan fingerprint density at radius 3 is 2.39 bits per heavy atom. The fourth-order valence-corrected chi connectivity index (χ4v) is 4.06. The molecule has 4 nitrogen and oxygen atoms in total. The summed E-state index contributed by atoms with van der Waals surface area (Å²) in [5, 5.41) is -0.245. The van der Waals surface area contributed by atoms with Crippen molar-refractivity contribution < 1.29 is 14.0 Å². The van der Waals surface area contributed by atoms with Gasteiger partial charge < -0.3 is 4.90 Å². The van der Waals surface area contributed by atoms with Gasteiger partial charge in [0.1, 0.15) is 5.82 Å². The molecule has 0 spiro atoms. The van der Waals surface area contributed by atoms with Gasteiger partial charge in [-0.2, -0.15) is 0 Å². The molecule has 1 aliphatic rings. The van der Waals surface area contributed by atoms with Crippen LogP contribution in [-0.4, -0.2) is 29.1 Å². The van der Waals surface area contributed by atoms with E-state index in [4.69, 9.17) is 11.6 Å². The van der Waals surface area contributed by atoms with Gasteiger partial charge in [0.15, 0.2) is 0 Å². The van der Waals surface area contributed by atoms with Gasteiger partial charge in [-0.1, -0.05) is 29.8 Å². The summed E-state index contributed by atoms with van der Waals surface area (Å²) in [4.78, 5) is 28.5. The van der Waals surface area contributed by atoms with Crippen molar-refractivity contribution in [3.63, 3.8) is 0 Å². The van der Waals surface area contributed by atoms with Gasteiger partial charge in [0, 0.05) is 29.4 Å². The molecule has 0 unspecified atom stereocenters. The van der Waals surface area contributed by atoms with Crippen molar-refractivity contribution in [2.45, 2.75) is 20.4 Å². The van der Waals surface area contributed by atoms with Crippen LogP contribution < -0.4 is 4.90 Å². The summed E-state index contributed by atoms with van der Waals surface area (Å²) in [6.45, 7) is 5.82. The minimum Gasteiger partial charge on any atom is -0.372 e. The number of rotatable bonds is 6. The van der Waals surface area contributed by atoms with E-state index in [9.17, 15) is 14.0 Å². The number of anilines is 1. The molecule has 2 aromatic rings. The fourth-order valence-electron chi connectivity index (χ4n) is 3.00. The van der Waals surface area contributed by atoms with Crippen molar-refractivity contribution in [3.8, 4) is 0 Å². The summed E-state index contributed by atoms with van der Waals surface area (Å²) in [6.07, 6.45) is 1.68. The molecule has 7 heteroatoms. The first-order valence-corrected chi connectivity index (χ1v) is 10.2. The lowest BCUT2D eigenvalue weighted by molar-refractivity contribution is -0.123. The van der Waals surface area contributed by atoms with Crippen molar-refractivity contribution >= 4 is 46.3 Å². The molecule has 146 valence electrons. The van der Waals surface area contributed by atoms with Crippen LogP contribution in [0.15, 0.2) is 47.4 Å². The lowest BCUT2D eigenvalue weighted by Crippen LogP contribution is -2.28. The quantitative estimate of drug-likeness (QED) is 0.575. The van der Waals surface area contributed by atoms with Gasteiger partial charge in [0.05, 0.1) is 11.4 Å². The van der Waals surface area contributed by atoms with Crippen LogP contribution in [0, 0.1) is 5.82 Å². The zero-order chi connectivity index (χ0) is 20.3. The highest BCUT2D eigenvalue weighted by Gasteiger charge is 2.35. The topological polar surface area (TPSA) is 40.6 Å². The molecule has 0 aliphatic carbocycles. The normalized spacial score (nSPS) is 15.6. The zero-order valence-electron chi connectivity index (χ0n) is 15.6. The average Bonchev–Trinajstić information content (AvgIpc) is 2.94. The smallest absolute Gasteiger partial charge is 0.293 e. The average molecular weight is 419 g/mol. The third kappa shape index (κ3) is 4.23. The molecule has 1 saturated heterocycles. The molecule has 3 rings (SSSR count). The van der Waals surface area contributed by atoms with Crippen molar-refractivity contribution in [1.29, 1.82) is 0 Å². The van der Waals surface area contributed by atoms with Crippen LogP contribution in [0.1, 0.15) is 25.0 Å². The van der Waals surface area contributed by atoms with Gasteiger partial charge in [-0.15, -0.1) is 0 Å². The third-order valence-corrected chi connectivity index (χ3v) is 5.83. The Morgan fingerprint density at radius 2 is 1.79 bits per heavy atom. The number of thioether (sulfide) groups is 1. The van der Waals surface area contributed by atoms with E-state index in [1.165, 1.54) is 18.2 Å². The molecule has 2 aromatic carbocycles. The maximum atomic E-state index is 14.0. The second kappa shape index (κ2) is 8.80. The first-order chi connectivity index (χ1) is 13.4. The van der Waals surface area contributed by atoms with Crippen molar-refractivity contribution in [3.05, 3.63) is 69.3 Å². The largest absolute Gasteiger partial charge is 0.372 e. The summed E-state index contributed by atoms with van der Waals surface area (Å²) in [5.74, 6) is -0.982. The van der Waals surface area contributed by atoms with Gasteiger partial charge in [0.25, 0.3) is 11.1 Å². The van der Waals surface area contributed by atoms with E-state index in [-0.39, 0.29) is 17.1 Å². The summed E-state index contributed by atoms with van der Waals surface area (Å²) >= 11 is 6.87. The fraction of sp³-hybridized carbons (Fsp3) is 0.238. The molecule has 0 radical (unpaired) electrons. The Labute approximate surface area is 173 Å². The Morgan fingerprint density at radius 1 is 1.11 bits per heavy atom. The van der Waals surface area contributed by atoms with Crippen molar-refractivity contribution in [2.75, 3.05) is 18.0 Å². The minimum atomic E-state index is -0.539. The molecular weight excluding hydrogens is 399 g/mol. The lowest BCUT2D eigenvalue weighted by atomic mass is 10.1. The summed E-state index contributed by atoms with van der Waals surface area (Å²) in [6, 6.07) is 12.1. The molecule has 0 aromatic heterocycles. The number of hydrogen-bond acceptors (Lipinski definition) is 4. The van der Waals surface area contributed by atoms with E-state index in [0.717, 1.165) is 41.0 Å². The number of carbonyl (C=O) groups excluding carboxylic acids is 2. The van der Waals surface area contributed by atoms with Crippen LogP contribution in [0.5, 0.6) is 0 Å². The molecular formula is C21H20ClFN2O2S. The second-order valence-corrected chi connectivity index (χ2v) is 7.63. The van der Waals surface area contributed by atoms with Crippen LogP contribution >= 0.6 is 23.4 Å². The molecule has 0 bridgehead atoms.